The summed E-state index contributed by atoms with van der Waals surface area (Å²) in [5.74, 6) is -0.00210. The summed E-state index contributed by atoms with van der Waals surface area (Å²) in [4.78, 5) is 26.6. The van der Waals surface area contributed by atoms with Gasteiger partial charge in [0.15, 0.2) is 0 Å². The first-order valence-electron chi connectivity index (χ1n) is 7.42. The molecular weight excluding hydrogens is 252 g/mol. The Kier molecular flexibility index (Phi) is 3.72. The van der Waals surface area contributed by atoms with Crippen LogP contribution in [-0.2, 0) is 4.79 Å². The molecule has 1 heterocycles. The molecule has 2 aliphatic rings. The number of amides is 2. The van der Waals surface area contributed by atoms with Crippen LogP contribution in [0.4, 0.5) is 0 Å². The smallest absolute Gasteiger partial charge is 0.254 e. The lowest BCUT2D eigenvalue weighted by atomic mass is 10.00. The van der Waals surface area contributed by atoms with Crippen LogP contribution in [0.5, 0.6) is 0 Å². The first kappa shape index (κ1) is 13.2. The average molecular weight is 272 g/mol. The van der Waals surface area contributed by atoms with Crippen molar-refractivity contribution in [2.75, 3.05) is 6.54 Å². The highest BCUT2D eigenvalue weighted by molar-refractivity contribution is 5.97. The van der Waals surface area contributed by atoms with Crippen molar-refractivity contribution in [3.63, 3.8) is 0 Å². The Morgan fingerprint density at radius 3 is 2.50 bits per heavy atom. The Bertz CT molecular complexity index is 496. The van der Waals surface area contributed by atoms with Crippen LogP contribution in [0.3, 0.4) is 0 Å². The van der Waals surface area contributed by atoms with Gasteiger partial charge in [-0.3, -0.25) is 9.59 Å². The number of carbonyl (C=O) groups excluding carboxylic acids is 2. The van der Waals surface area contributed by atoms with E-state index in [-0.39, 0.29) is 17.9 Å². The lowest BCUT2D eigenvalue weighted by Crippen LogP contribution is -2.52. The van der Waals surface area contributed by atoms with E-state index in [1.807, 2.05) is 30.3 Å². The molecular formula is C16H20N2O2. The molecule has 1 unspecified atom stereocenters. The number of piperidine rings is 1. The maximum absolute atomic E-state index is 12.6. The van der Waals surface area contributed by atoms with Gasteiger partial charge in [-0.25, -0.2) is 0 Å². The van der Waals surface area contributed by atoms with Crippen molar-refractivity contribution in [3.05, 3.63) is 35.9 Å². The number of likely N-dealkylation sites (tertiary alicyclic amines) is 1. The highest BCUT2D eigenvalue weighted by atomic mass is 16.2. The number of nitrogens with zero attached hydrogens (tertiary/aromatic N) is 1. The van der Waals surface area contributed by atoms with Gasteiger partial charge in [0.2, 0.25) is 5.91 Å². The van der Waals surface area contributed by atoms with E-state index in [0.29, 0.717) is 18.2 Å². The highest BCUT2D eigenvalue weighted by Crippen LogP contribution is 2.23. The van der Waals surface area contributed by atoms with Gasteiger partial charge >= 0.3 is 0 Å². The maximum atomic E-state index is 12.6. The second-order valence-corrected chi connectivity index (χ2v) is 5.66. The Morgan fingerprint density at radius 1 is 1.05 bits per heavy atom. The Balaban J connectivity index is 1.74. The molecule has 0 aromatic heterocycles. The zero-order valence-corrected chi connectivity index (χ0v) is 11.5. The van der Waals surface area contributed by atoms with Crippen molar-refractivity contribution < 1.29 is 9.59 Å². The molecule has 1 saturated heterocycles. The van der Waals surface area contributed by atoms with Gasteiger partial charge in [0.25, 0.3) is 5.91 Å². The molecule has 0 spiro atoms. The largest absolute Gasteiger partial charge is 0.352 e. The van der Waals surface area contributed by atoms with E-state index in [1.165, 1.54) is 0 Å². The summed E-state index contributed by atoms with van der Waals surface area (Å²) in [6.45, 7) is 0.677. The third kappa shape index (κ3) is 2.84. The Labute approximate surface area is 119 Å². The lowest BCUT2D eigenvalue weighted by molar-refractivity contribution is -0.126. The number of rotatable bonds is 3. The van der Waals surface area contributed by atoms with Crippen LogP contribution in [0, 0.1) is 0 Å². The molecule has 3 rings (SSSR count). The minimum absolute atomic E-state index is 0.0245. The second kappa shape index (κ2) is 5.65. The zero-order valence-electron chi connectivity index (χ0n) is 11.5. The second-order valence-electron chi connectivity index (χ2n) is 5.66. The van der Waals surface area contributed by atoms with Gasteiger partial charge in [-0.1, -0.05) is 18.2 Å². The summed E-state index contributed by atoms with van der Waals surface area (Å²) in [7, 11) is 0. The number of hydrogen-bond donors (Lipinski definition) is 1. The van der Waals surface area contributed by atoms with E-state index in [1.54, 1.807) is 4.90 Å². The Morgan fingerprint density at radius 2 is 1.80 bits per heavy atom. The number of nitrogens with one attached hydrogen (secondary N) is 1. The van der Waals surface area contributed by atoms with E-state index < -0.39 is 0 Å². The van der Waals surface area contributed by atoms with Crippen molar-refractivity contribution in [1.82, 2.24) is 10.2 Å². The maximum Gasteiger partial charge on any atom is 0.254 e. The standard InChI is InChI=1S/C16H20N2O2/c19-15(17-13-9-10-13)14-8-4-5-11-18(14)16(20)12-6-2-1-3-7-12/h1-3,6-7,13-14H,4-5,8-11H2,(H,17,19). The van der Waals surface area contributed by atoms with E-state index in [0.717, 1.165) is 32.1 Å². The summed E-state index contributed by atoms with van der Waals surface area (Å²) >= 11 is 0. The van der Waals surface area contributed by atoms with Gasteiger partial charge in [-0.2, -0.15) is 0 Å². The van der Waals surface area contributed by atoms with E-state index in [2.05, 4.69) is 5.32 Å². The van der Waals surface area contributed by atoms with Gasteiger partial charge in [0, 0.05) is 18.2 Å². The molecule has 1 saturated carbocycles. The lowest BCUT2D eigenvalue weighted by Gasteiger charge is -2.34. The van der Waals surface area contributed by atoms with Crippen molar-refractivity contribution in [2.24, 2.45) is 0 Å². The molecule has 1 atom stereocenters. The fourth-order valence-electron chi connectivity index (χ4n) is 2.72. The van der Waals surface area contributed by atoms with Crippen LogP contribution in [0.1, 0.15) is 42.5 Å². The predicted molar refractivity (Wildman–Crippen MR) is 76.3 cm³/mol. The molecule has 106 valence electrons. The van der Waals surface area contributed by atoms with Crippen LogP contribution in [0.25, 0.3) is 0 Å². The highest BCUT2D eigenvalue weighted by Gasteiger charge is 2.35. The van der Waals surface area contributed by atoms with E-state index >= 15 is 0 Å². The first-order chi connectivity index (χ1) is 9.75. The SMILES string of the molecule is O=C(NC1CC1)C1CCCCN1C(=O)c1ccccc1. The van der Waals surface area contributed by atoms with Gasteiger partial charge in [-0.05, 0) is 44.2 Å². The number of benzene rings is 1. The molecule has 4 nitrogen and oxygen atoms in total. The zero-order chi connectivity index (χ0) is 13.9. The first-order valence-corrected chi connectivity index (χ1v) is 7.42. The molecule has 4 heteroatoms. The van der Waals surface area contributed by atoms with Gasteiger partial charge in [-0.15, -0.1) is 0 Å². The Hall–Kier alpha value is -1.84. The van der Waals surface area contributed by atoms with Crippen LogP contribution >= 0.6 is 0 Å². The van der Waals surface area contributed by atoms with Crippen molar-refractivity contribution in [3.8, 4) is 0 Å². The molecule has 1 aromatic rings. The molecule has 0 bridgehead atoms. The fraction of sp³-hybridized carbons (Fsp3) is 0.500. The van der Waals surface area contributed by atoms with Crippen LogP contribution < -0.4 is 5.32 Å². The molecule has 1 aliphatic carbocycles. The van der Waals surface area contributed by atoms with Gasteiger partial charge in [0.05, 0.1) is 0 Å². The summed E-state index contributed by atoms with van der Waals surface area (Å²) in [6, 6.07) is 9.28. The predicted octanol–water partition coefficient (Wildman–Crippen LogP) is 1.96. The van der Waals surface area contributed by atoms with Crippen molar-refractivity contribution >= 4 is 11.8 Å². The van der Waals surface area contributed by atoms with Crippen LogP contribution in [0.15, 0.2) is 30.3 Å². The summed E-state index contributed by atoms with van der Waals surface area (Å²) in [5, 5.41) is 3.03. The summed E-state index contributed by atoms with van der Waals surface area (Å²) < 4.78 is 0. The van der Waals surface area contributed by atoms with Crippen molar-refractivity contribution in [2.45, 2.75) is 44.2 Å². The normalized spacial score (nSPS) is 22.4. The quantitative estimate of drug-likeness (QED) is 0.914. The monoisotopic (exact) mass is 272 g/mol. The summed E-state index contributed by atoms with van der Waals surface area (Å²) in [5.41, 5.74) is 0.665. The van der Waals surface area contributed by atoms with E-state index in [4.69, 9.17) is 0 Å². The third-order valence-electron chi connectivity index (χ3n) is 4.01. The molecule has 1 aliphatic heterocycles. The fourth-order valence-corrected chi connectivity index (χ4v) is 2.72. The van der Waals surface area contributed by atoms with Gasteiger partial charge in [0.1, 0.15) is 6.04 Å². The molecule has 20 heavy (non-hydrogen) atoms. The van der Waals surface area contributed by atoms with Crippen molar-refractivity contribution in [1.29, 1.82) is 0 Å². The average Bonchev–Trinajstić information content (AvgIpc) is 3.31. The number of hydrogen-bond acceptors (Lipinski definition) is 2. The number of carbonyl (C=O) groups is 2. The minimum atomic E-state index is -0.294. The van der Waals surface area contributed by atoms with Crippen LogP contribution in [-0.4, -0.2) is 35.3 Å². The molecule has 1 N–H and O–H groups in total. The minimum Gasteiger partial charge on any atom is -0.352 e. The third-order valence-corrected chi connectivity index (χ3v) is 4.01. The van der Waals surface area contributed by atoms with Gasteiger partial charge < -0.3 is 10.2 Å². The van der Waals surface area contributed by atoms with Crippen LogP contribution in [0.2, 0.25) is 0 Å². The topological polar surface area (TPSA) is 49.4 Å². The molecule has 0 radical (unpaired) electrons. The van der Waals surface area contributed by atoms with E-state index in [9.17, 15) is 9.59 Å². The molecule has 2 fully saturated rings. The molecule has 2 amide bonds. The summed E-state index contributed by atoms with van der Waals surface area (Å²) in [6.07, 6.45) is 4.92. The molecule has 1 aromatic carbocycles.